The minimum Gasteiger partial charge on any atom is -0.356 e. The average molecular weight is 260 g/mol. The molecule has 2 unspecified atom stereocenters. The van der Waals surface area contributed by atoms with Gasteiger partial charge >= 0.3 is 0 Å². The topological polar surface area (TPSA) is 55.1 Å². The number of carbonyl (C=O) groups excluding carboxylic acids is 1. The van der Waals surface area contributed by atoms with Crippen LogP contribution in [0.5, 0.6) is 0 Å². The highest BCUT2D eigenvalue weighted by Crippen LogP contribution is 2.20. The average Bonchev–Trinajstić information content (AvgIpc) is 2.12. The van der Waals surface area contributed by atoms with E-state index < -0.39 is 0 Å². The summed E-state index contributed by atoms with van der Waals surface area (Å²) in [6, 6.07) is -0.0362. The number of carbonyl (C=O) groups is 1. The monoisotopic (exact) mass is 260 g/mol. The molecule has 17 heavy (non-hydrogen) atoms. The Kier molecular flexibility index (Phi) is 7.88. The lowest BCUT2D eigenvalue weighted by Crippen LogP contribution is -2.36. The third-order valence-electron chi connectivity index (χ3n) is 2.42. The molecule has 2 atom stereocenters. The van der Waals surface area contributed by atoms with E-state index in [0.29, 0.717) is 12.3 Å². The van der Waals surface area contributed by atoms with Gasteiger partial charge in [0.25, 0.3) is 0 Å². The van der Waals surface area contributed by atoms with E-state index in [0.717, 1.165) is 18.7 Å². The maximum atomic E-state index is 11.7. The Labute approximate surface area is 110 Å². The Hall–Kier alpha value is -0.220. The molecule has 3 nitrogen and oxygen atoms in total. The molecule has 0 rings (SSSR count). The van der Waals surface area contributed by atoms with Crippen molar-refractivity contribution >= 4 is 17.7 Å². The van der Waals surface area contributed by atoms with Crippen molar-refractivity contribution in [3.05, 3.63) is 0 Å². The minimum absolute atomic E-state index is 0.0362. The number of thioether (sulfide) groups is 1. The summed E-state index contributed by atoms with van der Waals surface area (Å²) in [5.41, 5.74) is 6.15. The molecule has 0 fully saturated rings. The van der Waals surface area contributed by atoms with E-state index in [1.807, 2.05) is 11.8 Å². The Morgan fingerprint density at radius 1 is 1.41 bits per heavy atom. The second-order valence-electron chi connectivity index (χ2n) is 6.09. The van der Waals surface area contributed by atoms with Gasteiger partial charge in [-0.15, -0.1) is 0 Å². The lowest BCUT2D eigenvalue weighted by Gasteiger charge is -2.23. The molecular weight excluding hydrogens is 232 g/mol. The first-order valence-electron chi connectivity index (χ1n) is 6.26. The molecule has 0 saturated carbocycles. The van der Waals surface area contributed by atoms with Gasteiger partial charge in [0.1, 0.15) is 0 Å². The maximum Gasteiger partial charge on any atom is 0.221 e. The van der Waals surface area contributed by atoms with E-state index in [4.69, 9.17) is 5.73 Å². The van der Waals surface area contributed by atoms with Crippen LogP contribution in [0.15, 0.2) is 0 Å². The molecule has 0 aliphatic carbocycles. The van der Waals surface area contributed by atoms with Gasteiger partial charge in [-0.2, -0.15) is 11.8 Å². The number of nitrogens with two attached hydrogens (primary N) is 1. The molecule has 0 radical (unpaired) electrons. The van der Waals surface area contributed by atoms with Crippen LogP contribution in [0.4, 0.5) is 0 Å². The van der Waals surface area contributed by atoms with Crippen LogP contribution in [0, 0.1) is 11.3 Å². The van der Waals surface area contributed by atoms with Crippen molar-refractivity contribution in [3.8, 4) is 0 Å². The van der Waals surface area contributed by atoms with Gasteiger partial charge in [-0.3, -0.25) is 4.79 Å². The molecule has 0 aromatic rings. The van der Waals surface area contributed by atoms with Crippen LogP contribution in [-0.2, 0) is 4.79 Å². The summed E-state index contributed by atoms with van der Waals surface area (Å²) in [5, 5.41) is 2.95. The fraction of sp³-hybridized carbons (Fsp3) is 0.923. The summed E-state index contributed by atoms with van der Waals surface area (Å²) in [7, 11) is 0. The highest BCUT2D eigenvalue weighted by atomic mass is 32.2. The van der Waals surface area contributed by atoms with Crippen LogP contribution in [0.3, 0.4) is 0 Å². The van der Waals surface area contributed by atoms with Crippen molar-refractivity contribution in [1.29, 1.82) is 0 Å². The van der Waals surface area contributed by atoms with Crippen LogP contribution in [0.1, 0.15) is 40.5 Å². The van der Waals surface area contributed by atoms with E-state index in [9.17, 15) is 4.79 Å². The molecule has 102 valence electrons. The lowest BCUT2D eigenvalue weighted by atomic mass is 9.87. The predicted octanol–water partition coefficient (Wildman–Crippen LogP) is 2.26. The number of hydrogen-bond acceptors (Lipinski definition) is 3. The lowest BCUT2D eigenvalue weighted by molar-refractivity contribution is -0.121. The highest BCUT2D eigenvalue weighted by molar-refractivity contribution is 7.98. The van der Waals surface area contributed by atoms with Crippen molar-refractivity contribution in [3.63, 3.8) is 0 Å². The van der Waals surface area contributed by atoms with Crippen molar-refractivity contribution in [2.75, 3.05) is 18.6 Å². The van der Waals surface area contributed by atoms with Gasteiger partial charge in [0.15, 0.2) is 0 Å². The summed E-state index contributed by atoms with van der Waals surface area (Å²) in [6.07, 6.45) is 3.39. The quantitative estimate of drug-likeness (QED) is 0.738. The van der Waals surface area contributed by atoms with Gasteiger partial charge in [-0.05, 0) is 29.8 Å². The fourth-order valence-electron chi connectivity index (χ4n) is 1.80. The largest absolute Gasteiger partial charge is 0.356 e. The van der Waals surface area contributed by atoms with E-state index >= 15 is 0 Å². The van der Waals surface area contributed by atoms with Crippen LogP contribution < -0.4 is 11.1 Å². The zero-order valence-corrected chi connectivity index (χ0v) is 12.7. The standard InChI is InChI=1S/C13H28N2OS/c1-10(9-17-5)8-15-12(16)6-11(14)7-13(2,3)4/h10-11H,6-9,14H2,1-5H3,(H,15,16). The van der Waals surface area contributed by atoms with Crippen LogP contribution in [0.2, 0.25) is 0 Å². The third kappa shape index (κ3) is 10.6. The summed E-state index contributed by atoms with van der Waals surface area (Å²) in [4.78, 5) is 11.7. The molecule has 0 aromatic carbocycles. The second kappa shape index (κ2) is 7.98. The third-order valence-corrected chi connectivity index (χ3v) is 3.32. The molecule has 0 heterocycles. The first kappa shape index (κ1) is 16.8. The predicted molar refractivity (Wildman–Crippen MR) is 77.2 cm³/mol. The molecule has 0 saturated heterocycles. The van der Waals surface area contributed by atoms with Gasteiger partial charge in [0, 0.05) is 19.0 Å². The number of nitrogens with one attached hydrogen (secondary N) is 1. The zero-order chi connectivity index (χ0) is 13.5. The maximum absolute atomic E-state index is 11.7. The first-order valence-corrected chi connectivity index (χ1v) is 7.65. The van der Waals surface area contributed by atoms with Gasteiger partial charge in [0.05, 0.1) is 0 Å². The van der Waals surface area contributed by atoms with Gasteiger partial charge < -0.3 is 11.1 Å². The van der Waals surface area contributed by atoms with E-state index in [2.05, 4.69) is 39.3 Å². The van der Waals surface area contributed by atoms with Crippen molar-refractivity contribution in [2.45, 2.75) is 46.6 Å². The molecule has 0 bridgehead atoms. The zero-order valence-electron chi connectivity index (χ0n) is 11.9. The SMILES string of the molecule is CSCC(C)CNC(=O)CC(N)CC(C)(C)C. The smallest absolute Gasteiger partial charge is 0.221 e. The molecular formula is C13H28N2OS. The summed E-state index contributed by atoms with van der Waals surface area (Å²) in [6.45, 7) is 9.33. The summed E-state index contributed by atoms with van der Waals surface area (Å²) >= 11 is 1.81. The van der Waals surface area contributed by atoms with Crippen LogP contribution in [0.25, 0.3) is 0 Å². The molecule has 1 amide bonds. The molecule has 0 aliphatic rings. The van der Waals surface area contributed by atoms with E-state index in [1.54, 1.807) is 0 Å². The highest BCUT2D eigenvalue weighted by Gasteiger charge is 2.18. The van der Waals surface area contributed by atoms with Crippen molar-refractivity contribution in [1.82, 2.24) is 5.32 Å². The van der Waals surface area contributed by atoms with Crippen molar-refractivity contribution < 1.29 is 4.79 Å². The Morgan fingerprint density at radius 3 is 2.47 bits per heavy atom. The number of rotatable bonds is 7. The minimum atomic E-state index is -0.0362. The molecule has 3 N–H and O–H groups in total. The molecule has 0 spiro atoms. The van der Waals surface area contributed by atoms with Gasteiger partial charge in [-0.25, -0.2) is 0 Å². The molecule has 4 heteroatoms. The Bertz CT molecular complexity index is 226. The first-order chi connectivity index (χ1) is 7.74. The number of hydrogen-bond donors (Lipinski definition) is 2. The Morgan fingerprint density at radius 2 is 2.00 bits per heavy atom. The van der Waals surface area contributed by atoms with Crippen molar-refractivity contribution in [2.24, 2.45) is 17.1 Å². The summed E-state index contributed by atoms with van der Waals surface area (Å²) in [5.74, 6) is 1.68. The van der Waals surface area contributed by atoms with Gasteiger partial charge in [0.2, 0.25) is 5.91 Å². The molecule has 0 aromatic heterocycles. The van der Waals surface area contributed by atoms with E-state index in [-0.39, 0.29) is 17.4 Å². The second-order valence-corrected chi connectivity index (χ2v) is 7.00. The fourth-order valence-corrected chi connectivity index (χ4v) is 2.49. The van der Waals surface area contributed by atoms with Gasteiger partial charge in [-0.1, -0.05) is 27.7 Å². The van der Waals surface area contributed by atoms with Crippen LogP contribution in [-0.4, -0.2) is 30.5 Å². The summed E-state index contributed by atoms with van der Waals surface area (Å²) < 4.78 is 0. The molecule has 0 aliphatic heterocycles. The normalized spacial score (nSPS) is 15.4. The number of amides is 1. The van der Waals surface area contributed by atoms with Crippen LogP contribution >= 0.6 is 11.8 Å². The Balaban J connectivity index is 3.78. The van der Waals surface area contributed by atoms with E-state index in [1.165, 1.54) is 0 Å².